The molecule has 2 aromatic rings. The number of aromatic nitrogens is 2. The summed E-state index contributed by atoms with van der Waals surface area (Å²) >= 11 is 3.44. The summed E-state index contributed by atoms with van der Waals surface area (Å²) in [6.45, 7) is 4.83. The Morgan fingerprint density at radius 2 is 1.37 bits per heavy atom. The van der Waals surface area contributed by atoms with Crippen LogP contribution >= 0.6 is 15.9 Å². The van der Waals surface area contributed by atoms with Crippen LogP contribution in [-0.2, 0) is 19.2 Å². The molecule has 2 unspecified atom stereocenters. The van der Waals surface area contributed by atoms with Gasteiger partial charge in [-0.3, -0.25) is 19.2 Å². The second-order valence-corrected chi connectivity index (χ2v) is 9.64. The summed E-state index contributed by atoms with van der Waals surface area (Å²) < 4.78 is 4.95. The lowest BCUT2D eigenvalue weighted by Crippen LogP contribution is -2.45. The fourth-order valence-electron chi connectivity index (χ4n) is 4.82. The van der Waals surface area contributed by atoms with Crippen molar-refractivity contribution in [2.45, 2.75) is 63.7 Å². The first-order valence-electron chi connectivity index (χ1n) is 11.8. The summed E-state index contributed by atoms with van der Waals surface area (Å²) in [4.78, 5) is 49.7. The van der Waals surface area contributed by atoms with Crippen LogP contribution in [0.25, 0.3) is 0 Å². The number of carbonyl (C=O) groups excluding carboxylic acids is 4. The number of nitrogens with zero attached hydrogens (tertiary/aromatic N) is 4. The molecular weight excluding hydrogens is 516 g/mol. The van der Waals surface area contributed by atoms with Crippen molar-refractivity contribution in [2.24, 2.45) is 11.5 Å². The molecule has 0 bridgehead atoms. The second kappa shape index (κ2) is 11.6. The smallest absolute Gasteiger partial charge is 0.240 e. The minimum absolute atomic E-state index is 0.00810. The van der Waals surface area contributed by atoms with Gasteiger partial charge in [-0.1, -0.05) is 13.8 Å². The van der Waals surface area contributed by atoms with E-state index in [1.807, 2.05) is 65.8 Å². The highest BCUT2D eigenvalue weighted by atomic mass is 79.9. The first-order valence-corrected chi connectivity index (χ1v) is 12.6. The Kier molecular flexibility index (Phi) is 8.76. The number of amides is 4. The molecule has 2 saturated heterocycles. The van der Waals surface area contributed by atoms with Crippen LogP contribution in [0.4, 0.5) is 0 Å². The second-order valence-electron chi connectivity index (χ2n) is 8.83. The highest BCUT2D eigenvalue weighted by Crippen LogP contribution is 2.29. The average molecular weight is 549 g/mol. The third kappa shape index (κ3) is 5.95. The molecule has 0 radical (unpaired) electrons. The molecule has 35 heavy (non-hydrogen) atoms. The molecule has 4 heterocycles. The summed E-state index contributed by atoms with van der Waals surface area (Å²) in [5.74, 6) is -0.854. The molecule has 4 rings (SSSR count). The number of hydrogen-bond acceptors (Lipinski definition) is 4. The summed E-state index contributed by atoms with van der Waals surface area (Å²) in [5, 5.41) is 0. The zero-order chi connectivity index (χ0) is 25.7. The molecule has 11 heteroatoms. The van der Waals surface area contributed by atoms with Gasteiger partial charge < -0.3 is 30.4 Å². The SMILES string of the molecule is CC[C@@H](C(N)=O)N1CC(n2cccc2)CC1=O.CC[C@@H](C(N)=O)N1CC(n2cccc2Br)CC1=O. The van der Waals surface area contributed by atoms with Crippen molar-refractivity contribution < 1.29 is 19.2 Å². The summed E-state index contributed by atoms with van der Waals surface area (Å²) in [5.41, 5.74) is 10.6. The molecule has 2 fully saturated rings. The van der Waals surface area contributed by atoms with Crippen LogP contribution in [0.5, 0.6) is 0 Å². The summed E-state index contributed by atoms with van der Waals surface area (Å²) in [6.07, 6.45) is 7.78. The van der Waals surface area contributed by atoms with Crippen molar-refractivity contribution in [2.75, 3.05) is 13.1 Å². The van der Waals surface area contributed by atoms with Crippen LogP contribution in [0.3, 0.4) is 0 Å². The van der Waals surface area contributed by atoms with Gasteiger partial charge in [0.05, 0.1) is 16.7 Å². The van der Waals surface area contributed by atoms with E-state index in [4.69, 9.17) is 11.5 Å². The Bertz CT molecular complexity index is 1050. The van der Waals surface area contributed by atoms with E-state index in [2.05, 4.69) is 15.9 Å². The van der Waals surface area contributed by atoms with E-state index in [0.717, 1.165) is 4.60 Å². The Morgan fingerprint density at radius 1 is 0.886 bits per heavy atom. The molecule has 2 aromatic heterocycles. The maximum Gasteiger partial charge on any atom is 0.240 e. The van der Waals surface area contributed by atoms with E-state index in [-0.39, 0.29) is 23.9 Å². The van der Waals surface area contributed by atoms with Crippen molar-refractivity contribution in [3.05, 3.63) is 47.5 Å². The van der Waals surface area contributed by atoms with Gasteiger partial charge in [0.2, 0.25) is 23.6 Å². The number of rotatable bonds is 8. The molecule has 190 valence electrons. The van der Waals surface area contributed by atoms with Crippen LogP contribution in [0.2, 0.25) is 0 Å². The lowest BCUT2D eigenvalue weighted by atomic mass is 10.2. The molecule has 0 aromatic carbocycles. The third-order valence-electron chi connectivity index (χ3n) is 6.63. The topological polar surface area (TPSA) is 137 Å². The zero-order valence-electron chi connectivity index (χ0n) is 20.0. The lowest BCUT2D eigenvalue weighted by molar-refractivity contribution is -0.136. The van der Waals surface area contributed by atoms with E-state index in [1.54, 1.807) is 9.80 Å². The highest BCUT2D eigenvalue weighted by molar-refractivity contribution is 9.10. The summed E-state index contributed by atoms with van der Waals surface area (Å²) in [7, 11) is 0. The van der Waals surface area contributed by atoms with E-state index in [9.17, 15) is 19.2 Å². The molecule has 0 saturated carbocycles. The van der Waals surface area contributed by atoms with Crippen LogP contribution in [-0.4, -0.2) is 67.7 Å². The fraction of sp³-hybridized carbons (Fsp3) is 0.500. The number of nitrogens with two attached hydrogens (primary N) is 2. The van der Waals surface area contributed by atoms with Crippen molar-refractivity contribution >= 4 is 39.6 Å². The van der Waals surface area contributed by atoms with Crippen molar-refractivity contribution in [3.8, 4) is 0 Å². The molecule has 10 nitrogen and oxygen atoms in total. The molecule has 2 aliphatic heterocycles. The standard InChI is InChI=1S/C12H16BrN3O2.C12H17N3O2/c1-2-9(12(14)18)16-7-8(6-11(16)17)15-5-3-4-10(15)13;1-2-10(12(13)17)15-8-9(7-11(15)16)14-5-3-4-6-14/h3-5,8-9H,2,6-7H2,1H3,(H2,14,18);3-6,9-10H,2,7-8H2,1H3,(H2,13,17)/t8?,9-;9?,10-/m00/s1. The number of likely N-dealkylation sites (tertiary alicyclic amines) is 2. The Balaban J connectivity index is 0.000000196. The predicted octanol–water partition coefficient (Wildman–Crippen LogP) is 1.81. The van der Waals surface area contributed by atoms with Gasteiger partial charge in [-0.2, -0.15) is 0 Å². The van der Waals surface area contributed by atoms with Gasteiger partial charge in [-0.25, -0.2) is 0 Å². The van der Waals surface area contributed by atoms with Gasteiger partial charge in [0.1, 0.15) is 12.1 Å². The maximum absolute atomic E-state index is 12.0. The van der Waals surface area contributed by atoms with Gasteiger partial charge in [0, 0.05) is 44.5 Å². The number of hydrogen-bond donors (Lipinski definition) is 2. The van der Waals surface area contributed by atoms with Gasteiger partial charge in [0.15, 0.2) is 0 Å². The number of carbonyl (C=O) groups is 4. The maximum atomic E-state index is 12.0. The lowest BCUT2D eigenvalue weighted by Gasteiger charge is -2.24. The predicted molar refractivity (Wildman–Crippen MR) is 134 cm³/mol. The number of halogens is 1. The third-order valence-corrected chi connectivity index (χ3v) is 7.30. The van der Waals surface area contributed by atoms with Crippen LogP contribution in [0, 0.1) is 0 Å². The first-order chi connectivity index (χ1) is 16.7. The molecule has 4 amide bonds. The van der Waals surface area contributed by atoms with Gasteiger partial charge >= 0.3 is 0 Å². The molecule has 4 atom stereocenters. The van der Waals surface area contributed by atoms with Gasteiger partial charge in [-0.05, 0) is 53.0 Å². The van der Waals surface area contributed by atoms with Crippen LogP contribution in [0.1, 0.15) is 51.6 Å². The monoisotopic (exact) mass is 548 g/mol. The van der Waals surface area contributed by atoms with Crippen molar-refractivity contribution in [1.82, 2.24) is 18.9 Å². The zero-order valence-corrected chi connectivity index (χ0v) is 21.6. The minimum Gasteiger partial charge on any atom is -0.368 e. The molecule has 4 N–H and O–H groups in total. The van der Waals surface area contributed by atoms with E-state index in [0.29, 0.717) is 38.8 Å². The normalized spacial score (nSPS) is 21.6. The molecule has 0 spiro atoms. The van der Waals surface area contributed by atoms with Gasteiger partial charge in [-0.15, -0.1) is 0 Å². The minimum atomic E-state index is -0.489. The van der Waals surface area contributed by atoms with Crippen molar-refractivity contribution in [3.63, 3.8) is 0 Å². The van der Waals surface area contributed by atoms with E-state index in [1.165, 1.54) is 0 Å². The average Bonchev–Trinajstić information content (AvgIpc) is 3.59. The molecule has 2 aliphatic rings. The fourth-order valence-corrected chi connectivity index (χ4v) is 5.38. The van der Waals surface area contributed by atoms with Crippen LogP contribution < -0.4 is 11.5 Å². The quantitative estimate of drug-likeness (QED) is 0.519. The largest absolute Gasteiger partial charge is 0.368 e. The summed E-state index contributed by atoms with van der Waals surface area (Å²) in [6, 6.07) is 6.93. The Morgan fingerprint density at radius 3 is 1.80 bits per heavy atom. The molecular formula is C24H33BrN6O4. The van der Waals surface area contributed by atoms with Crippen LogP contribution in [0.15, 0.2) is 47.5 Å². The Hall–Kier alpha value is -3.08. The van der Waals surface area contributed by atoms with E-state index >= 15 is 0 Å². The Labute approximate surface area is 213 Å². The molecule has 0 aliphatic carbocycles. The van der Waals surface area contributed by atoms with Crippen molar-refractivity contribution in [1.29, 1.82) is 0 Å². The first kappa shape index (κ1) is 26.5. The van der Waals surface area contributed by atoms with E-state index < -0.39 is 23.9 Å². The van der Waals surface area contributed by atoms with Gasteiger partial charge in [0.25, 0.3) is 0 Å². The highest BCUT2D eigenvalue weighted by Gasteiger charge is 2.37. The number of primary amides is 2.